The second-order valence-electron chi connectivity index (χ2n) is 7.83. The van der Waals surface area contributed by atoms with Gasteiger partial charge in [-0.05, 0) is 42.9 Å². The maximum absolute atomic E-state index is 12.8. The Bertz CT molecular complexity index is 1030. The quantitative estimate of drug-likeness (QED) is 0.760. The number of hydrogen-bond acceptors (Lipinski definition) is 6. The zero-order valence-corrected chi connectivity index (χ0v) is 18.6. The Hall–Kier alpha value is -2.78. The van der Waals surface area contributed by atoms with E-state index in [-0.39, 0.29) is 12.5 Å². The topological polar surface area (TPSA) is 82.2 Å². The van der Waals surface area contributed by atoms with Crippen LogP contribution in [0.5, 0.6) is 5.75 Å². The number of rotatable bonds is 5. The second kappa shape index (κ2) is 8.76. The van der Waals surface area contributed by atoms with Crippen LogP contribution in [0.1, 0.15) is 6.92 Å². The number of nitrogens with one attached hydrogen (secondary N) is 1. The van der Waals surface area contributed by atoms with Crippen LogP contribution in [0.25, 0.3) is 0 Å². The van der Waals surface area contributed by atoms with Crippen LogP contribution < -0.4 is 19.3 Å². The Morgan fingerprint density at radius 3 is 2.39 bits per heavy atom. The molecule has 166 valence electrons. The summed E-state index contributed by atoms with van der Waals surface area (Å²) in [6.07, 6.45) is 0.190. The average Bonchev–Trinajstić information content (AvgIpc) is 2.78. The van der Waals surface area contributed by atoms with Crippen molar-refractivity contribution in [2.45, 2.75) is 13.0 Å². The first kappa shape index (κ1) is 21.5. The van der Waals surface area contributed by atoms with Crippen LogP contribution >= 0.6 is 0 Å². The number of ether oxygens (including phenoxy) is 1. The van der Waals surface area contributed by atoms with Crippen LogP contribution in [0, 0.1) is 0 Å². The fraction of sp³-hybridized carbons (Fsp3) is 0.409. The first-order valence-corrected chi connectivity index (χ1v) is 12.3. The van der Waals surface area contributed by atoms with Crippen molar-refractivity contribution in [2.75, 3.05) is 60.0 Å². The summed E-state index contributed by atoms with van der Waals surface area (Å²) >= 11 is 0. The third-order valence-corrected chi connectivity index (χ3v) is 6.89. The number of amides is 1. The minimum Gasteiger partial charge on any atom is -0.476 e. The minimum absolute atomic E-state index is 0.0680. The summed E-state index contributed by atoms with van der Waals surface area (Å²) < 4.78 is 31.5. The molecule has 0 spiro atoms. The van der Waals surface area contributed by atoms with Crippen molar-refractivity contribution in [1.29, 1.82) is 0 Å². The minimum atomic E-state index is -3.54. The summed E-state index contributed by atoms with van der Waals surface area (Å²) in [6.45, 7) is 7.24. The SMILES string of the molecule is CCN1CCN(c2ccc(NC(=O)C3CN(S(C)(=O)=O)c4ccccc4O3)cc2)CC1. The zero-order valence-electron chi connectivity index (χ0n) is 17.8. The largest absolute Gasteiger partial charge is 0.476 e. The molecule has 0 bridgehead atoms. The standard InChI is InChI=1S/C22H28N4O4S/c1-3-24-12-14-25(15-13-24)18-10-8-17(9-11-18)23-22(27)21-16-26(31(2,28)29)19-6-4-5-7-20(19)30-21/h4-11,21H,3,12-16H2,1-2H3,(H,23,27). The van der Waals surface area contributed by atoms with Gasteiger partial charge in [-0.15, -0.1) is 0 Å². The molecule has 0 aromatic heterocycles. The van der Waals surface area contributed by atoms with E-state index in [9.17, 15) is 13.2 Å². The van der Waals surface area contributed by atoms with Crippen LogP contribution in [-0.4, -0.2) is 70.9 Å². The number of likely N-dealkylation sites (N-methyl/N-ethyl adjacent to an activating group) is 1. The van der Waals surface area contributed by atoms with Gasteiger partial charge in [0.2, 0.25) is 10.0 Å². The van der Waals surface area contributed by atoms with Gasteiger partial charge in [0, 0.05) is 37.6 Å². The third kappa shape index (κ3) is 4.77. The van der Waals surface area contributed by atoms with Crippen molar-refractivity contribution < 1.29 is 17.9 Å². The molecule has 0 aliphatic carbocycles. The summed E-state index contributed by atoms with van der Waals surface area (Å²) in [4.78, 5) is 17.6. The number of anilines is 3. The summed E-state index contributed by atoms with van der Waals surface area (Å²) in [5.41, 5.74) is 2.22. The van der Waals surface area contributed by atoms with Crippen LogP contribution in [0.15, 0.2) is 48.5 Å². The highest BCUT2D eigenvalue weighted by molar-refractivity contribution is 7.92. The number of hydrogen-bond donors (Lipinski definition) is 1. The molecule has 2 aliphatic heterocycles. The lowest BCUT2D eigenvalue weighted by Crippen LogP contribution is -2.48. The molecule has 2 aromatic rings. The molecule has 31 heavy (non-hydrogen) atoms. The molecule has 4 rings (SSSR count). The number of piperazine rings is 1. The molecule has 1 N–H and O–H groups in total. The summed E-state index contributed by atoms with van der Waals surface area (Å²) in [5, 5.41) is 2.85. The Morgan fingerprint density at radius 2 is 1.74 bits per heavy atom. The summed E-state index contributed by atoms with van der Waals surface area (Å²) in [7, 11) is -3.54. The lowest BCUT2D eigenvalue weighted by molar-refractivity contribution is -0.122. The Morgan fingerprint density at radius 1 is 1.06 bits per heavy atom. The van der Waals surface area contributed by atoms with E-state index in [1.807, 2.05) is 24.3 Å². The van der Waals surface area contributed by atoms with Gasteiger partial charge in [-0.25, -0.2) is 8.42 Å². The van der Waals surface area contributed by atoms with Gasteiger partial charge in [-0.3, -0.25) is 9.10 Å². The highest BCUT2D eigenvalue weighted by Gasteiger charge is 2.34. The number of nitrogens with zero attached hydrogens (tertiary/aromatic N) is 3. The molecule has 9 heteroatoms. The van der Waals surface area contributed by atoms with E-state index in [2.05, 4.69) is 22.0 Å². The molecule has 1 fully saturated rings. The van der Waals surface area contributed by atoms with Gasteiger partial charge in [0.05, 0.1) is 18.5 Å². The van der Waals surface area contributed by atoms with E-state index in [4.69, 9.17) is 4.74 Å². The van der Waals surface area contributed by atoms with Crippen molar-refractivity contribution in [2.24, 2.45) is 0 Å². The molecule has 1 amide bonds. The van der Waals surface area contributed by atoms with Gasteiger partial charge in [0.15, 0.2) is 6.10 Å². The predicted molar refractivity (Wildman–Crippen MR) is 122 cm³/mol. The number of carbonyl (C=O) groups excluding carboxylic acids is 1. The summed E-state index contributed by atoms with van der Waals surface area (Å²) in [5.74, 6) is -0.00615. The lowest BCUT2D eigenvalue weighted by Gasteiger charge is -2.35. The first-order valence-electron chi connectivity index (χ1n) is 10.5. The molecular formula is C22H28N4O4S. The zero-order chi connectivity index (χ0) is 22.0. The van der Waals surface area contributed by atoms with Gasteiger partial charge in [0.1, 0.15) is 5.75 Å². The molecule has 8 nitrogen and oxygen atoms in total. The molecule has 1 atom stereocenters. The molecule has 2 heterocycles. The molecule has 0 saturated carbocycles. The van der Waals surface area contributed by atoms with Crippen molar-refractivity contribution >= 4 is 33.0 Å². The fourth-order valence-corrected chi connectivity index (χ4v) is 4.87. The van der Waals surface area contributed by atoms with Gasteiger partial charge in [0.25, 0.3) is 5.91 Å². The molecule has 2 aliphatic rings. The van der Waals surface area contributed by atoms with Gasteiger partial charge in [-0.1, -0.05) is 19.1 Å². The molecule has 2 aromatic carbocycles. The highest BCUT2D eigenvalue weighted by Crippen LogP contribution is 2.34. The van der Waals surface area contributed by atoms with Crippen molar-refractivity contribution in [3.8, 4) is 5.75 Å². The average molecular weight is 445 g/mol. The first-order chi connectivity index (χ1) is 14.8. The number of benzene rings is 2. The highest BCUT2D eigenvalue weighted by atomic mass is 32.2. The number of fused-ring (bicyclic) bond motifs is 1. The molecular weight excluding hydrogens is 416 g/mol. The van der Waals surface area contributed by atoms with Crippen molar-refractivity contribution in [1.82, 2.24) is 4.90 Å². The lowest BCUT2D eigenvalue weighted by atomic mass is 10.2. The maximum Gasteiger partial charge on any atom is 0.267 e. The second-order valence-corrected chi connectivity index (χ2v) is 9.73. The normalized spacial score (nSPS) is 19.5. The van der Waals surface area contributed by atoms with E-state index < -0.39 is 16.1 Å². The predicted octanol–water partition coefficient (Wildman–Crippen LogP) is 1.99. The number of sulfonamides is 1. The van der Waals surface area contributed by atoms with Gasteiger partial charge < -0.3 is 19.9 Å². The summed E-state index contributed by atoms with van der Waals surface area (Å²) in [6, 6.07) is 14.6. The smallest absolute Gasteiger partial charge is 0.267 e. The van der Waals surface area contributed by atoms with Gasteiger partial charge in [-0.2, -0.15) is 0 Å². The van der Waals surface area contributed by atoms with E-state index in [1.165, 1.54) is 4.31 Å². The van der Waals surface area contributed by atoms with Crippen LogP contribution in [0.2, 0.25) is 0 Å². The Kier molecular flexibility index (Phi) is 6.06. The van der Waals surface area contributed by atoms with Gasteiger partial charge >= 0.3 is 0 Å². The molecule has 1 unspecified atom stereocenters. The monoisotopic (exact) mass is 444 g/mol. The maximum atomic E-state index is 12.8. The fourth-order valence-electron chi connectivity index (χ4n) is 3.95. The number of para-hydroxylation sites is 2. The van der Waals surface area contributed by atoms with Crippen molar-refractivity contribution in [3.05, 3.63) is 48.5 Å². The third-order valence-electron chi connectivity index (χ3n) is 5.75. The van der Waals surface area contributed by atoms with E-state index in [0.717, 1.165) is 44.7 Å². The van der Waals surface area contributed by atoms with Crippen LogP contribution in [-0.2, 0) is 14.8 Å². The molecule has 1 saturated heterocycles. The van der Waals surface area contributed by atoms with Crippen LogP contribution in [0.4, 0.5) is 17.1 Å². The van der Waals surface area contributed by atoms with Crippen LogP contribution in [0.3, 0.4) is 0 Å². The Labute approximate surface area is 183 Å². The van der Waals surface area contributed by atoms with E-state index >= 15 is 0 Å². The van der Waals surface area contributed by atoms with E-state index in [0.29, 0.717) is 17.1 Å². The Balaban J connectivity index is 1.43. The van der Waals surface area contributed by atoms with Crippen molar-refractivity contribution in [3.63, 3.8) is 0 Å². The number of carbonyl (C=O) groups is 1. The molecule has 0 radical (unpaired) electrons. The van der Waals surface area contributed by atoms with E-state index in [1.54, 1.807) is 24.3 Å².